The summed E-state index contributed by atoms with van der Waals surface area (Å²) in [4.78, 5) is 36.9. The maximum Gasteiger partial charge on any atom is 0.472 e. The Bertz CT molecular complexity index is 839. The van der Waals surface area contributed by atoms with Gasteiger partial charge in [0.05, 0.1) is 24.7 Å². The van der Waals surface area contributed by atoms with E-state index in [4.69, 9.17) is 18.5 Å². The lowest BCUT2D eigenvalue weighted by Crippen LogP contribution is -2.30. The molecule has 0 spiro atoms. The van der Waals surface area contributed by atoms with Gasteiger partial charge < -0.3 is 19.3 Å². The van der Waals surface area contributed by atoms with Gasteiger partial charge in [0.25, 0.3) is 0 Å². The van der Waals surface area contributed by atoms with Crippen LogP contribution < -0.4 is 0 Å². The number of ether oxygens (including phenoxy) is 2. The van der Waals surface area contributed by atoms with Gasteiger partial charge in [-0.1, -0.05) is 155 Å². The summed E-state index contributed by atoms with van der Waals surface area (Å²) in [6, 6.07) is 0. The molecule has 12 heteroatoms. The summed E-state index contributed by atoms with van der Waals surface area (Å²) in [5.74, 6) is 1.25. The van der Waals surface area contributed by atoms with E-state index in [1.54, 1.807) is 0 Å². The third-order valence-corrected chi connectivity index (χ3v) is 11.7. The number of nitrogens with zero attached hydrogens (tertiary/aromatic N) is 1. The van der Waals surface area contributed by atoms with Gasteiger partial charge in [0.2, 0.25) is 0 Å². The van der Waals surface area contributed by atoms with Crippen LogP contribution in [0.2, 0.25) is 0 Å². The summed E-state index contributed by atoms with van der Waals surface area (Å²) in [6.07, 6.45) is 30.0. The van der Waals surface area contributed by atoms with Crippen LogP contribution in [-0.2, 0) is 32.7 Å². The van der Waals surface area contributed by atoms with E-state index in [-0.39, 0.29) is 24.7 Å². The maximum atomic E-state index is 12.6. The van der Waals surface area contributed by atoms with Gasteiger partial charge in [-0.25, -0.2) is 4.57 Å². The Hall–Kier alpha value is -0.290. The summed E-state index contributed by atoms with van der Waals surface area (Å²) >= 11 is 3.05. The number of rotatable bonds is 40. The van der Waals surface area contributed by atoms with Gasteiger partial charge in [0.15, 0.2) is 6.10 Å². The van der Waals surface area contributed by atoms with Gasteiger partial charge in [0, 0.05) is 6.54 Å². The minimum atomic E-state index is -4.36. The van der Waals surface area contributed by atoms with E-state index in [9.17, 15) is 19.0 Å². The maximum absolute atomic E-state index is 12.6. The number of phosphoric ester groups is 1. The molecule has 0 heterocycles. The molecule has 9 nitrogen and oxygen atoms in total. The molecule has 2 atom stereocenters. The van der Waals surface area contributed by atoms with Crippen molar-refractivity contribution in [1.82, 2.24) is 4.90 Å². The minimum absolute atomic E-state index is 0.00635. The zero-order chi connectivity index (χ0) is 37.7. The fourth-order valence-corrected chi connectivity index (χ4v) is 7.85. The predicted molar refractivity (Wildman–Crippen MR) is 218 cm³/mol. The molecule has 0 aromatic heterocycles. The van der Waals surface area contributed by atoms with Crippen LogP contribution in [0.5, 0.6) is 0 Å². The van der Waals surface area contributed by atoms with E-state index in [2.05, 4.69) is 13.8 Å². The molecule has 1 unspecified atom stereocenters. The number of hydrogen-bond donors (Lipinski definition) is 1. The molecular formula is C39H78NO8PS2. The molecule has 0 aliphatic carbocycles. The summed E-state index contributed by atoms with van der Waals surface area (Å²) in [5, 5.41) is 0. The highest BCUT2D eigenvalue weighted by Crippen LogP contribution is 2.43. The molecule has 0 aliphatic rings. The molecular weight excluding hydrogens is 706 g/mol. The number of esters is 2. The van der Waals surface area contributed by atoms with E-state index < -0.39 is 32.5 Å². The van der Waals surface area contributed by atoms with Gasteiger partial charge in [-0.3, -0.25) is 18.6 Å². The first kappa shape index (κ1) is 50.7. The van der Waals surface area contributed by atoms with Crippen molar-refractivity contribution < 1.29 is 37.6 Å². The lowest BCUT2D eigenvalue weighted by molar-refractivity contribution is -0.157. The third-order valence-electron chi connectivity index (χ3n) is 8.67. The molecule has 51 heavy (non-hydrogen) atoms. The summed E-state index contributed by atoms with van der Waals surface area (Å²) in [7, 11) is -0.713. The van der Waals surface area contributed by atoms with E-state index in [1.165, 1.54) is 158 Å². The number of likely N-dealkylation sites (N-methyl/N-ethyl adjacent to an activating group) is 1. The Morgan fingerprint density at radius 2 is 0.980 bits per heavy atom. The Kier molecular flexibility index (Phi) is 37.8. The SMILES string of the molecule is CCCCCCCCCCCCCCSCC(=O)OC[C@H](COP(=O)(O)OCCN(C)C)OC(=O)CSCCCCCCCCCCCCCC. The second-order valence-corrected chi connectivity index (χ2v) is 17.7. The highest BCUT2D eigenvalue weighted by molar-refractivity contribution is 8.00. The number of carbonyl (C=O) groups is 2. The predicted octanol–water partition coefficient (Wildman–Crippen LogP) is 11.0. The number of phosphoric acid groups is 1. The van der Waals surface area contributed by atoms with Gasteiger partial charge in [-0.05, 0) is 38.4 Å². The van der Waals surface area contributed by atoms with Crippen LogP contribution in [0, 0.1) is 0 Å². The zero-order valence-corrected chi connectivity index (χ0v) is 35.7. The molecule has 304 valence electrons. The Morgan fingerprint density at radius 1 is 0.588 bits per heavy atom. The fourth-order valence-electron chi connectivity index (χ4n) is 5.52. The van der Waals surface area contributed by atoms with E-state index in [0.29, 0.717) is 6.54 Å². The van der Waals surface area contributed by atoms with Gasteiger partial charge in [0.1, 0.15) is 6.61 Å². The second-order valence-electron chi connectivity index (χ2n) is 14.1. The quantitative estimate of drug-likeness (QED) is 0.0364. The average Bonchev–Trinajstić information content (AvgIpc) is 3.09. The molecule has 0 saturated carbocycles. The van der Waals surface area contributed by atoms with Crippen molar-refractivity contribution in [3.63, 3.8) is 0 Å². The topological polar surface area (TPSA) is 112 Å². The van der Waals surface area contributed by atoms with Crippen molar-refractivity contribution in [2.24, 2.45) is 0 Å². The zero-order valence-electron chi connectivity index (χ0n) is 33.2. The lowest BCUT2D eigenvalue weighted by Gasteiger charge is -2.20. The third kappa shape index (κ3) is 39.2. The molecule has 0 aromatic carbocycles. The van der Waals surface area contributed by atoms with Crippen LogP contribution in [-0.4, -0.2) is 91.3 Å². The van der Waals surface area contributed by atoms with Crippen LogP contribution >= 0.6 is 31.3 Å². The van der Waals surface area contributed by atoms with E-state index >= 15 is 0 Å². The number of unbranched alkanes of at least 4 members (excludes halogenated alkanes) is 22. The summed E-state index contributed by atoms with van der Waals surface area (Å²) in [5.41, 5.74) is 0. The first-order valence-electron chi connectivity index (χ1n) is 20.5. The minimum Gasteiger partial charge on any atom is -0.461 e. The van der Waals surface area contributed by atoms with Crippen molar-refractivity contribution in [2.75, 3.05) is 63.5 Å². The Labute approximate surface area is 322 Å². The van der Waals surface area contributed by atoms with Crippen LogP contribution in [0.4, 0.5) is 0 Å². The van der Waals surface area contributed by atoms with E-state index in [1.807, 2.05) is 19.0 Å². The molecule has 0 bridgehead atoms. The highest BCUT2D eigenvalue weighted by atomic mass is 32.2. The molecule has 0 saturated heterocycles. The Morgan fingerprint density at radius 3 is 1.39 bits per heavy atom. The number of hydrogen-bond acceptors (Lipinski definition) is 10. The smallest absolute Gasteiger partial charge is 0.461 e. The Balaban J connectivity index is 4.26. The first-order valence-corrected chi connectivity index (χ1v) is 24.3. The normalized spacial score (nSPS) is 13.4. The van der Waals surface area contributed by atoms with E-state index in [0.717, 1.165) is 30.8 Å². The van der Waals surface area contributed by atoms with Crippen LogP contribution in [0.3, 0.4) is 0 Å². The molecule has 0 fully saturated rings. The lowest BCUT2D eigenvalue weighted by atomic mass is 10.1. The van der Waals surface area contributed by atoms with Crippen LogP contribution in [0.15, 0.2) is 0 Å². The molecule has 0 aromatic rings. The number of thioether (sulfide) groups is 2. The first-order chi connectivity index (χ1) is 24.7. The van der Waals surface area contributed by atoms with Crippen molar-refractivity contribution in [1.29, 1.82) is 0 Å². The van der Waals surface area contributed by atoms with Crippen LogP contribution in [0.1, 0.15) is 168 Å². The monoisotopic (exact) mass is 783 g/mol. The molecule has 0 amide bonds. The van der Waals surface area contributed by atoms with Crippen molar-refractivity contribution in [3.8, 4) is 0 Å². The summed E-state index contributed by atoms with van der Waals surface area (Å²) in [6.45, 7) is 4.30. The summed E-state index contributed by atoms with van der Waals surface area (Å²) < 4.78 is 33.3. The van der Waals surface area contributed by atoms with Crippen LogP contribution in [0.25, 0.3) is 0 Å². The molecule has 0 radical (unpaired) electrons. The van der Waals surface area contributed by atoms with Gasteiger partial charge in [-0.2, -0.15) is 23.5 Å². The number of carbonyl (C=O) groups excluding carboxylic acids is 2. The average molecular weight is 784 g/mol. The van der Waals surface area contributed by atoms with Gasteiger partial charge in [-0.15, -0.1) is 0 Å². The highest BCUT2D eigenvalue weighted by Gasteiger charge is 2.26. The molecule has 1 N–H and O–H groups in total. The molecule has 0 rings (SSSR count). The van der Waals surface area contributed by atoms with Crippen molar-refractivity contribution in [2.45, 2.75) is 174 Å². The standard InChI is InChI=1S/C39H78NO8PS2/c1-5-7-9-11-13-15-17-19-21-23-25-27-31-50-35-38(41)45-33-37(34-47-49(43,44)46-30-29-40(3)4)48-39(42)36-51-32-28-26-24-22-20-18-16-14-12-10-8-6-2/h37H,5-36H2,1-4H3,(H,43,44)/t37-/m1/s1. The second kappa shape index (κ2) is 38.0. The van der Waals surface area contributed by atoms with Crippen molar-refractivity contribution in [3.05, 3.63) is 0 Å². The fraction of sp³-hybridized carbons (Fsp3) is 0.949. The largest absolute Gasteiger partial charge is 0.472 e. The van der Waals surface area contributed by atoms with Crippen molar-refractivity contribution >= 4 is 43.3 Å². The van der Waals surface area contributed by atoms with Gasteiger partial charge >= 0.3 is 19.8 Å². The molecule has 0 aliphatic heterocycles.